The second kappa shape index (κ2) is 7.88. The van der Waals surface area contributed by atoms with E-state index in [0.717, 1.165) is 6.20 Å². The Hall–Kier alpha value is -1.12. The second-order valence-electron chi connectivity index (χ2n) is 1.10. The summed E-state index contributed by atoms with van der Waals surface area (Å²) in [6.07, 6.45) is 1.15. The third kappa shape index (κ3) is 6.88. The molecule has 0 heterocycles. The molecule has 0 atom stereocenters. The van der Waals surface area contributed by atoms with E-state index in [1.54, 1.807) is 0 Å². The molecule has 0 aromatic rings. The molecule has 0 radical (unpaired) electrons. The molecule has 58 valence electrons. The van der Waals surface area contributed by atoms with Crippen molar-refractivity contribution in [2.45, 2.75) is 13.8 Å². The Morgan fingerprint density at radius 2 is 2.00 bits per heavy atom. The van der Waals surface area contributed by atoms with Gasteiger partial charge in [-0.1, -0.05) is 27.0 Å². The number of halogens is 1. The van der Waals surface area contributed by atoms with Crippen LogP contribution in [0, 0.1) is 0 Å². The maximum atomic E-state index is 11.8. The van der Waals surface area contributed by atoms with Crippen molar-refractivity contribution in [1.29, 1.82) is 0 Å². The highest BCUT2D eigenvalue weighted by molar-refractivity contribution is 5.94. The number of hydrogen-bond donors (Lipinski definition) is 1. The standard InChI is InChI=1S/C5H7FN2.C2H6/c1-3-8-5(7)4(2)6;1-2/h3H,1-2H2,(H2,7,8);1-2H3. The first-order chi connectivity index (χ1) is 4.68. The zero-order valence-electron chi connectivity index (χ0n) is 6.39. The maximum Gasteiger partial charge on any atom is 0.158 e. The van der Waals surface area contributed by atoms with Crippen LogP contribution in [-0.4, -0.2) is 5.84 Å². The van der Waals surface area contributed by atoms with Gasteiger partial charge < -0.3 is 5.73 Å². The number of nitrogens with two attached hydrogens (primary N) is 1. The average Bonchev–Trinajstić information content (AvgIpc) is 1.93. The van der Waals surface area contributed by atoms with Crippen molar-refractivity contribution in [3.8, 4) is 0 Å². The lowest BCUT2D eigenvalue weighted by Gasteiger charge is -1.87. The van der Waals surface area contributed by atoms with Crippen LogP contribution in [-0.2, 0) is 0 Å². The molecule has 0 unspecified atom stereocenters. The number of hydrogen-bond acceptors (Lipinski definition) is 1. The lowest BCUT2D eigenvalue weighted by molar-refractivity contribution is 0.683. The van der Waals surface area contributed by atoms with Gasteiger partial charge in [-0.05, 0) is 0 Å². The fraction of sp³-hybridized carbons (Fsp3) is 0.286. The minimum Gasteiger partial charge on any atom is -0.381 e. The summed E-state index contributed by atoms with van der Waals surface area (Å²) in [7, 11) is 0. The highest BCUT2D eigenvalue weighted by Crippen LogP contribution is 1.89. The second-order valence-corrected chi connectivity index (χ2v) is 1.10. The highest BCUT2D eigenvalue weighted by atomic mass is 19.1. The summed E-state index contributed by atoms with van der Waals surface area (Å²) in [6.45, 7) is 10.1. The zero-order valence-corrected chi connectivity index (χ0v) is 6.39. The maximum absolute atomic E-state index is 11.8. The van der Waals surface area contributed by atoms with Crippen LogP contribution in [0.1, 0.15) is 13.8 Å². The van der Waals surface area contributed by atoms with Gasteiger partial charge in [-0.25, -0.2) is 9.38 Å². The summed E-state index contributed by atoms with van der Waals surface area (Å²) in [4.78, 5) is 3.31. The molecule has 0 aliphatic heterocycles. The Labute approximate surface area is 61.0 Å². The lowest BCUT2D eigenvalue weighted by Crippen LogP contribution is -2.10. The van der Waals surface area contributed by atoms with Crippen LogP contribution in [0.4, 0.5) is 4.39 Å². The summed E-state index contributed by atoms with van der Waals surface area (Å²) in [5, 5.41) is 0. The normalized spacial score (nSPS) is 9.30. The van der Waals surface area contributed by atoms with E-state index in [4.69, 9.17) is 5.73 Å². The first-order valence-electron chi connectivity index (χ1n) is 2.97. The Morgan fingerprint density at radius 1 is 1.60 bits per heavy atom. The Morgan fingerprint density at radius 3 is 2.10 bits per heavy atom. The van der Waals surface area contributed by atoms with Crippen LogP contribution in [0.15, 0.2) is 30.2 Å². The van der Waals surface area contributed by atoms with Gasteiger partial charge in [-0.3, -0.25) is 0 Å². The molecule has 0 rings (SSSR count). The van der Waals surface area contributed by atoms with E-state index in [1.165, 1.54) is 0 Å². The van der Waals surface area contributed by atoms with Crippen LogP contribution < -0.4 is 5.73 Å². The van der Waals surface area contributed by atoms with E-state index in [1.807, 2.05) is 13.8 Å². The molecule has 0 fully saturated rings. The van der Waals surface area contributed by atoms with Gasteiger partial charge in [0.05, 0.1) is 0 Å². The third-order valence-electron chi connectivity index (χ3n) is 0.508. The molecule has 0 aromatic carbocycles. The molecule has 0 aromatic heterocycles. The van der Waals surface area contributed by atoms with Crippen molar-refractivity contribution in [3.05, 3.63) is 25.2 Å². The minimum atomic E-state index is -0.732. The third-order valence-corrected chi connectivity index (χ3v) is 0.508. The average molecular weight is 144 g/mol. The SMILES string of the molecule is C=CN=C(N)C(=C)F.CC. The highest BCUT2D eigenvalue weighted by Gasteiger charge is 1.91. The summed E-state index contributed by atoms with van der Waals surface area (Å²) in [5.74, 6) is -0.954. The molecule has 2 N–H and O–H groups in total. The number of rotatable bonds is 2. The molecule has 0 amide bonds. The predicted octanol–water partition coefficient (Wildman–Crippen LogP) is 2.00. The summed E-state index contributed by atoms with van der Waals surface area (Å²) < 4.78 is 11.8. The van der Waals surface area contributed by atoms with Crippen LogP contribution in [0.25, 0.3) is 0 Å². The molecule has 0 saturated carbocycles. The number of nitrogens with zero attached hydrogens (tertiary/aromatic N) is 1. The van der Waals surface area contributed by atoms with Gasteiger partial charge in [0.15, 0.2) is 11.7 Å². The Kier molecular flexibility index (Phi) is 9.18. The fourth-order valence-corrected chi connectivity index (χ4v) is 0.168. The Balaban J connectivity index is 0. The Bertz CT molecular complexity index is 139. The molecule has 0 spiro atoms. The first kappa shape index (κ1) is 11.6. The van der Waals surface area contributed by atoms with E-state index in [-0.39, 0.29) is 5.84 Å². The molecule has 0 aliphatic rings. The summed E-state index contributed by atoms with van der Waals surface area (Å²) >= 11 is 0. The van der Waals surface area contributed by atoms with Crippen LogP contribution >= 0.6 is 0 Å². The van der Waals surface area contributed by atoms with Gasteiger partial charge in [0.25, 0.3) is 0 Å². The van der Waals surface area contributed by atoms with Crippen molar-refractivity contribution in [2.24, 2.45) is 10.7 Å². The minimum absolute atomic E-state index is 0.222. The summed E-state index contributed by atoms with van der Waals surface area (Å²) in [6, 6.07) is 0. The smallest absolute Gasteiger partial charge is 0.158 e. The van der Waals surface area contributed by atoms with Gasteiger partial charge in [0.1, 0.15) is 0 Å². The fourth-order valence-electron chi connectivity index (χ4n) is 0.168. The van der Waals surface area contributed by atoms with Gasteiger partial charge in [0, 0.05) is 6.20 Å². The van der Waals surface area contributed by atoms with Crippen LogP contribution in [0.5, 0.6) is 0 Å². The van der Waals surface area contributed by atoms with Crippen molar-refractivity contribution in [2.75, 3.05) is 0 Å². The zero-order chi connectivity index (χ0) is 8.57. The molecule has 2 nitrogen and oxygen atoms in total. The first-order valence-corrected chi connectivity index (χ1v) is 2.97. The largest absolute Gasteiger partial charge is 0.381 e. The van der Waals surface area contributed by atoms with Gasteiger partial charge >= 0.3 is 0 Å². The van der Waals surface area contributed by atoms with E-state index >= 15 is 0 Å². The molecule has 0 saturated heterocycles. The van der Waals surface area contributed by atoms with Crippen LogP contribution in [0.3, 0.4) is 0 Å². The lowest BCUT2D eigenvalue weighted by atomic mass is 10.5. The van der Waals surface area contributed by atoms with E-state index < -0.39 is 5.83 Å². The van der Waals surface area contributed by atoms with Gasteiger partial charge in [0.2, 0.25) is 0 Å². The van der Waals surface area contributed by atoms with Crippen LogP contribution in [0.2, 0.25) is 0 Å². The molecule has 10 heavy (non-hydrogen) atoms. The van der Waals surface area contributed by atoms with E-state index in [0.29, 0.717) is 0 Å². The topological polar surface area (TPSA) is 38.4 Å². The summed E-state index contributed by atoms with van der Waals surface area (Å²) in [5.41, 5.74) is 4.93. The molecule has 0 aliphatic carbocycles. The molecular formula is C7H13FN2. The van der Waals surface area contributed by atoms with E-state index in [2.05, 4.69) is 18.2 Å². The molecular weight excluding hydrogens is 131 g/mol. The van der Waals surface area contributed by atoms with E-state index in [9.17, 15) is 4.39 Å². The molecule has 3 heteroatoms. The van der Waals surface area contributed by atoms with Crippen molar-refractivity contribution in [3.63, 3.8) is 0 Å². The number of amidine groups is 1. The predicted molar refractivity (Wildman–Crippen MR) is 43.4 cm³/mol. The molecule has 0 bridgehead atoms. The monoisotopic (exact) mass is 144 g/mol. The number of aliphatic imine (C=N–C) groups is 1. The van der Waals surface area contributed by atoms with Gasteiger partial charge in [-0.2, -0.15) is 0 Å². The van der Waals surface area contributed by atoms with Crippen molar-refractivity contribution >= 4 is 5.84 Å². The van der Waals surface area contributed by atoms with Gasteiger partial charge in [-0.15, -0.1) is 0 Å². The van der Waals surface area contributed by atoms with Crippen molar-refractivity contribution in [1.82, 2.24) is 0 Å². The van der Waals surface area contributed by atoms with Crippen molar-refractivity contribution < 1.29 is 4.39 Å². The quantitative estimate of drug-likeness (QED) is 0.467.